The summed E-state index contributed by atoms with van der Waals surface area (Å²) in [5.74, 6) is 3.19. The molecule has 4 aliphatic carbocycles. The van der Waals surface area contributed by atoms with Gasteiger partial charge in [-0.25, -0.2) is 0 Å². The third kappa shape index (κ3) is 3.38. The number of aliphatic hydroxyl groups is 1. The van der Waals surface area contributed by atoms with Gasteiger partial charge in [0.15, 0.2) is 5.78 Å². The SMILES string of the molecule is CC(C)C(C)/C=C/C(C)C1CCC2C3=C(CCC21C)C1(C)CCC(O)CC1=CC3=O. The molecule has 1 N–H and O–H groups in total. The molecule has 7 atom stereocenters. The van der Waals surface area contributed by atoms with Crippen molar-refractivity contribution in [2.75, 3.05) is 0 Å². The van der Waals surface area contributed by atoms with Gasteiger partial charge in [0, 0.05) is 11.0 Å². The van der Waals surface area contributed by atoms with E-state index in [1.54, 1.807) is 0 Å². The maximum Gasteiger partial charge on any atom is 0.182 e. The van der Waals surface area contributed by atoms with Gasteiger partial charge >= 0.3 is 0 Å². The van der Waals surface area contributed by atoms with Crippen LogP contribution in [0.1, 0.15) is 86.5 Å². The lowest BCUT2D eigenvalue weighted by Gasteiger charge is -2.51. The molecule has 7 unspecified atom stereocenters. The second kappa shape index (κ2) is 7.76. The molecular formula is C28H42O2. The monoisotopic (exact) mass is 410 g/mol. The Morgan fingerprint density at radius 1 is 1.07 bits per heavy atom. The molecule has 0 aromatic carbocycles. The number of hydrogen-bond acceptors (Lipinski definition) is 2. The largest absolute Gasteiger partial charge is 0.393 e. The molecule has 0 heterocycles. The molecule has 2 saturated carbocycles. The van der Waals surface area contributed by atoms with Crippen LogP contribution in [0.5, 0.6) is 0 Å². The third-order valence-corrected chi connectivity index (χ3v) is 9.78. The van der Waals surface area contributed by atoms with Crippen molar-refractivity contribution in [3.05, 3.63) is 34.9 Å². The van der Waals surface area contributed by atoms with E-state index in [-0.39, 0.29) is 22.7 Å². The van der Waals surface area contributed by atoms with Gasteiger partial charge in [0.05, 0.1) is 6.10 Å². The Hall–Kier alpha value is -1.15. The lowest BCUT2D eigenvalue weighted by molar-refractivity contribution is -0.113. The molecule has 0 aromatic rings. The lowest BCUT2D eigenvalue weighted by Crippen LogP contribution is -2.44. The van der Waals surface area contributed by atoms with E-state index in [1.165, 1.54) is 29.6 Å². The molecule has 0 aromatic heterocycles. The second-order valence-electron chi connectivity index (χ2n) is 11.7. The maximum atomic E-state index is 13.4. The molecule has 0 aliphatic heterocycles. The summed E-state index contributed by atoms with van der Waals surface area (Å²) >= 11 is 0. The number of rotatable bonds is 4. The summed E-state index contributed by atoms with van der Waals surface area (Å²) in [5, 5.41) is 10.2. The van der Waals surface area contributed by atoms with Gasteiger partial charge in [-0.2, -0.15) is 0 Å². The van der Waals surface area contributed by atoms with Gasteiger partial charge in [0.1, 0.15) is 0 Å². The number of ketones is 1. The van der Waals surface area contributed by atoms with Crippen molar-refractivity contribution < 1.29 is 9.90 Å². The van der Waals surface area contributed by atoms with Crippen LogP contribution < -0.4 is 0 Å². The van der Waals surface area contributed by atoms with Crippen molar-refractivity contribution >= 4 is 5.78 Å². The first kappa shape index (κ1) is 22.1. The van der Waals surface area contributed by atoms with Crippen molar-refractivity contribution in [1.29, 1.82) is 0 Å². The number of carbonyl (C=O) groups is 1. The highest BCUT2D eigenvalue weighted by atomic mass is 16.3. The van der Waals surface area contributed by atoms with Gasteiger partial charge in [-0.05, 0) is 86.0 Å². The Balaban J connectivity index is 1.62. The zero-order chi connectivity index (χ0) is 21.8. The van der Waals surface area contributed by atoms with Crippen molar-refractivity contribution in [3.63, 3.8) is 0 Å². The molecule has 4 aliphatic rings. The van der Waals surface area contributed by atoms with E-state index in [1.807, 2.05) is 6.08 Å². The average Bonchev–Trinajstić information content (AvgIpc) is 3.04. The fourth-order valence-electron chi connectivity index (χ4n) is 7.30. The van der Waals surface area contributed by atoms with E-state index in [9.17, 15) is 9.90 Å². The Labute approximate surface area is 183 Å². The molecule has 2 heteroatoms. The number of aliphatic hydroxyl groups excluding tert-OH is 1. The molecule has 0 radical (unpaired) electrons. The minimum atomic E-state index is -0.273. The fraction of sp³-hybridized carbons (Fsp3) is 0.750. The van der Waals surface area contributed by atoms with Crippen molar-refractivity contribution in [3.8, 4) is 0 Å². The normalized spacial score (nSPS) is 40.9. The minimum absolute atomic E-state index is 0.0140. The summed E-state index contributed by atoms with van der Waals surface area (Å²) in [7, 11) is 0. The molecule has 2 nitrogen and oxygen atoms in total. The Morgan fingerprint density at radius 2 is 1.80 bits per heavy atom. The van der Waals surface area contributed by atoms with Crippen LogP contribution in [0.3, 0.4) is 0 Å². The van der Waals surface area contributed by atoms with Crippen LogP contribution >= 0.6 is 0 Å². The van der Waals surface area contributed by atoms with E-state index in [0.29, 0.717) is 36.0 Å². The number of allylic oxidation sites excluding steroid dienone is 5. The zero-order valence-electron chi connectivity index (χ0n) is 20.0. The van der Waals surface area contributed by atoms with E-state index in [2.05, 4.69) is 53.7 Å². The van der Waals surface area contributed by atoms with Gasteiger partial charge in [0.25, 0.3) is 0 Å². The topological polar surface area (TPSA) is 37.3 Å². The average molecular weight is 411 g/mol. The molecule has 4 rings (SSSR count). The van der Waals surface area contributed by atoms with Gasteiger partial charge in [-0.3, -0.25) is 4.79 Å². The van der Waals surface area contributed by atoms with Crippen LogP contribution in [0, 0.1) is 40.4 Å². The molecule has 0 bridgehead atoms. The third-order valence-electron chi connectivity index (χ3n) is 9.78. The first-order valence-corrected chi connectivity index (χ1v) is 12.4. The van der Waals surface area contributed by atoms with Crippen LogP contribution in [0.2, 0.25) is 0 Å². The molecule has 0 spiro atoms. The zero-order valence-corrected chi connectivity index (χ0v) is 20.0. The van der Waals surface area contributed by atoms with Crippen molar-refractivity contribution in [2.45, 2.75) is 92.6 Å². The first-order chi connectivity index (χ1) is 14.1. The molecule has 0 saturated heterocycles. The Kier molecular flexibility index (Phi) is 5.71. The minimum Gasteiger partial charge on any atom is -0.393 e. The van der Waals surface area contributed by atoms with Gasteiger partial charge in [-0.1, -0.05) is 64.8 Å². The maximum absolute atomic E-state index is 13.4. The van der Waals surface area contributed by atoms with E-state index >= 15 is 0 Å². The van der Waals surface area contributed by atoms with Crippen LogP contribution in [0.25, 0.3) is 0 Å². The summed E-state index contributed by atoms with van der Waals surface area (Å²) in [5.41, 5.74) is 4.06. The quantitative estimate of drug-likeness (QED) is 0.527. The van der Waals surface area contributed by atoms with E-state index < -0.39 is 0 Å². The summed E-state index contributed by atoms with van der Waals surface area (Å²) < 4.78 is 0. The summed E-state index contributed by atoms with van der Waals surface area (Å²) in [6.45, 7) is 14.1. The molecular weight excluding hydrogens is 368 g/mol. The first-order valence-electron chi connectivity index (χ1n) is 12.4. The van der Waals surface area contributed by atoms with E-state index in [0.717, 1.165) is 25.7 Å². The highest BCUT2D eigenvalue weighted by Gasteiger charge is 2.56. The molecule has 2 fully saturated rings. The van der Waals surface area contributed by atoms with Crippen molar-refractivity contribution in [2.24, 2.45) is 40.4 Å². The molecule has 30 heavy (non-hydrogen) atoms. The highest BCUT2D eigenvalue weighted by molar-refractivity contribution is 6.07. The standard InChI is InChI=1S/C28H42O2/c1-17(2)18(3)7-8-19(4)22-9-10-23-26-24(12-14-28(22,23)6)27(5)13-11-21(29)15-20(27)16-25(26)30/h7-8,16-19,21-23,29H,9-15H2,1-6H3/b8-7+. The smallest absolute Gasteiger partial charge is 0.182 e. The van der Waals surface area contributed by atoms with Crippen LogP contribution in [0.15, 0.2) is 34.9 Å². The summed E-state index contributed by atoms with van der Waals surface area (Å²) in [6.07, 6.45) is 13.7. The van der Waals surface area contributed by atoms with Crippen molar-refractivity contribution in [1.82, 2.24) is 0 Å². The molecule has 166 valence electrons. The van der Waals surface area contributed by atoms with Crippen LogP contribution in [0.4, 0.5) is 0 Å². The van der Waals surface area contributed by atoms with Gasteiger partial charge in [-0.15, -0.1) is 0 Å². The van der Waals surface area contributed by atoms with E-state index in [4.69, 9.17) is 0 Å². The Bertz CT molecular complexity index is 799. The fourth-order valence-corrected chi connectivity index (χ4v) is 7.30. The second-order valence-corrected chi connectivity index (χ2v) is 11.7. The van der Waals surface area contributed by atoms with Gasteiger partial charge < -0.3 is 5.11 Å². The van der Waals surface area contributed by atoms with Crippen LogP contribution in [-0.4, -0.2) is 17.0 Å². The highest BCUT2D eigenvalue weighted by Crippen LogP contribution is 2.64. The number of carbonyl (C=O) groups excluding carboxylic acids is 1. The lowest BCUT2D eigenvalue weighted by atomic mass is 9.53. The predicted molar refractivity (Wildman–Crippen MR) is 124 cm³/mol. The summed E-state index contributed by atoms with van der Waals surface area (Å²) in [4.78, 5) is 13.4. The molecule has 0 amide bonds. The summed E-state index contributed by atoms with van der Waals surface area (Å²) in [6, 6.07) is 0. The van der Waals surface area contributed by atoms with Gasteiger partial charge in [0.2, 0.25) is 0 Å². The number of hydrogen-bond donors (Lipinski definition) is 1. The predicted octanol–water partition coefficient (Wildman–Crippen LogP) is 6.65. The number of fused-ring (bicyclic) bond motifs is 4. The Morgan fingerprint density at radius 3 is 2.50 bits per heavy atom. The van der Waals surface area contributed by atoms with Crippen LogP contribution in [-0.2, 0) is 4.79 Å².